The Labute approximate surface area is 191 Å². The van der Waals surface area contributed by atoms with Crippen molar-refractivity contribution in [2.45, 2.75) is 31.7 Å². The molecule has 1 aromatic carbocycles. The monoisotopic (exact) mass is 448 g/mol. The van der Waals surface area contributed by atoms with Gasteiger partial charge in [0.2, 0.25) is 5.91 Å². The van der Waals surface area contributed by atoms with Crippen molar-refractivity contribution in [1.82, 2.24) is 14.9 Å². The standard InChI is InChI=1S/C25H25FN4O3/c26-18-5-9-24(28-15-18)29-19-6-7-20(27-16-19)21-3-1-10-30(21)25(31)14-17-4-8-22-23(13-17)33-12-2-11-32-22/h4-9,13,15-16,21H,1-3,10-12,14H2,(H,28,29)/t21-/m1/s1. The van der Waals surface area contributed by atoms with E-state index in [2.05, 4.69) is 15.3 Å². The third kappa shape index (κ3) is 4.89. The number of benzene rings is 1. The van der Waals surface area contributed by atoms with Crippen LogP contribution in [-0.4, -0.2) is 40.5 Å². The van der Waals surface area contributed by atoms with E-state index in [-0.39, 0.29) is 17.8 Å². The summed E-state index contributed by atoms with van der Waals surface area (Å²) in [7, 11) is 0. The van der Waals surface area contributed by atoms with E-state index in [1.807, 2.05) is 35.2 Å². The third-order valence-electron chi connectivity index (χ3n) is 5.87. The van der Waals surface area contributed by atoms with Crippen LogP contribution in [0.5, 0.6) is 11.5 Å². The molecule has 1 atom stereocenters. The van der Waals surface area contributed by atoms with Gasteiger partial charge in [-0.05, 0) is 54.8 Å². The Bertz CT molecular complexity index is 1120. The first-order valence-electron chi connectivity index (χ1n) is 11.2. The molecule has 1 saturated heterocycles. The molecule has 2 aromatic heterocycles. The number of fused-ring (bicyclic) bond motifs is 1. The third-order valence-corrected chi connectivity index (χ3v) is 5.87. The van der Waals surface area contributed by atoms with Crippen LogP contribution in [0.25, 0.3) is 0 Å². The van der Waals surface area contributed by atoms with Crippen molar-refractivity contribution < 1.29 is 18.7 Å². The van der Waals surface area contributed by atoms with Crippen LogP contribution in [0.1, 0.15) is 36.6 Å². The predicted molar refractivity (Wildman–Crippen MR) is 121 cm³/mol. The summed E-state index contributed by atoms with van der Waals surface area (Å²) in [5.41, 5.74) is 2.52. The Balaban J connectivity index is 1.25. The van der Waals surface area contributed by atoms with E-state index in [0.717, 1.165) is 54.7 Å². The van der Waals surface area contributed by atoms with Gasteiger partial charge in [-0.2, -0.15) is 0 Å². The zero-order valence-corrected chi connectivity index (χ0v) is 18.2. The average Bonchev–Trinajstić information content (AvgIpc) is 3.21. The summed E-state index contributed by atoms with van der Waals surface area (Å²) in [5, 5.41) is 3.10. The summed E-state index contributed by atoms with van der Waals surface area (Å²) in [6.07, 6.45) is 5.86. The lowest BCUT2D eigenvalue weighted by Crippen LogP contribution is -2.32. The lowest BCUT2D eigenvalue weighted by atomic mass is 10.1. The molecule has 1 N–H and O–H groups in total. The van der Waals surface area contributed by atoms with Gasteiger partial charge in [-0.25, -0.2) is 9.37 Å². The van der Waals surface area contributed by atoms with Crippen molar-refractivity contribution in [2.24, 2.45) is 0 Å². The molecule has 1 amide bonds. The molecule has 5 rings (SSSR count). The fraction of sp³-hybridized carbons (Fsp3) is 0.320. The average molecular weight is 448 g/mol. The molecular weight excluding hydrogens is 423 g/mol. The Hall–Kier alpha value is -3.68. The van der Waals surface area contributed by atoms with Crippen molar-refractivity contribution in [3.63, 3.8) is 0 Å². The molecular formula is C25H25FN4O3. The van der Waals surface area contributed by atoms with E-state index in [4.69, 9.17) is 9.47 Å². The van der Waals surface area contributed by atoms with E-state index in [1.165, 1.54) is 6.07 Å². The van der Waals surface area contributed by atoms with E-state index in [0.29, 0.717) is 31.2 Å². The summed E-state index contributed by atoms with van der Waals surface area (Å²) >= 11 is 0. The molecule has 0 radical (unpaired) electrons. The number of nitrogens with zero attached hydrogens (tertiary/aromatic N) is 3. The Kier molecular flexibility index (Phi) is 6.06. The molecule has 2 aliphatic heterocycles. The molecule has 0 saturated carbocycles. The molecule has 170 valence electrons. The number of amides is 1. The largest absolute Gasteiger partial charge is 0.490 e. The second-order valence-electron chi connectivity index (χ2n) is 8.21. The topological polar surface area (TPSA) is 76.6 Å². The number of hydrogen-bond acceptors (Lipinski definition) is 6. The van der Waals surface area contributed by atoms with Crippen LogP contribution in [0, 0.1) is 5.82 Å². The predicted octanol–water partition coefficient (Wildman–Crippen LogP) is 4.43. The Morgan fingerprint density at radius 2 is 1.91 bits per heavy atom. The summed E-state index contributed by atoms with van der Waals surface area (Å²) in [6.45, 7) is 1.98. The quantitative estimate of drug-likeness (QED) is 0.623. The van der Waals surface area contributed by atoms with Gasteiger partial charge in [0, 0.05) is 13.0 Å². The molecule has 1 fully saturated rings. The summed E-state index contributed by atoms with van der Waals surface area (Å²) < 4.78 is 24.5. The van der Waals surface area contributed by atoms with Gasteiger partial charge in [0.15, 0.2) is 11.5 Å². The van der Waals surface area contributed by atoms with Gasteiger partial charge in [0.1, 0.15) is 11.6 Å². The maximum absolute atomic E-state index is 13.1. The zero-order valence-electron chi connectivity index (χ0n) is 18.2. The highest BCUT2D eigenvalue weighted by Gasteiger charge is 2.31. The molecule has 33 heavy (non-hydrogen) atoms. The Morgan fingerprint density at radius 1 is 1.03 bits per heavy atom. The number of rotatable bonds is 5. The van der Waals surface area contributed by atoms with E-state index < -0.39 is 0 Å². The van der Waals surface area contributed by atoms with Gasteiger partial charge >= 0.3 is 0 Å². The second kappa shape index (κ2) is 9.44. The van der Waals surface area contributed by atoms with Gasteiger partial charge in [0.25, 0.3) is 0 Å². The number of halogens is 1. The van der Waals surface area contributed by atoms with Crippen LogP contribution >= 0.6 is 0 Å². The minimum atomic E-state index is -0.383. The number of pyridine rings is 2. The van der Waals surface area contributed by atoms with Crippen LogP contribution in [0.2, 0.25) is 0 Å². The summed E-state index contributed by atoms with van der Waals surface area (Å²) in [4.78, 5) is 23.6. The van der Waals surface area contributed by atoms with Crippen molar-refractivity contribution in [3.8, 4) is 11.5 Å². The van der Waals surface area contributed by atoms with Gasteiger partial charge in [-0.15, -0.1) is 0 Å². The summed E-state index contributed by atoms with van der Waals surface area (Å²) in [5.74, 6) is 1.67. The van der Waals surface area contributed by atoms with Gasteiger partial charge in [0.05, 0.1) is 49.5 Å². The van der Waals surface area contributed by atoms with Gasteiger partial charge in [-0.3, -0.25) is 9.78 Å². The smallest absolute Gasteiger partial charge is 0.227 e. The lowest BCUT2D eigenvalue weighted by Gasteiger charge is -2.25. The molecule has 2 aliphatic rings. The van der Waals surface area contributed by atoms with E-state index in [1.54, 1.807) is 12.3 Å². The molecule has 0 bridgehead atoms. The number of aromatic nitrogens is 2. The van der Waals surface area contributed by atoms with Crippen LogP contribution in [0.4, 0.5) is 15.9 Å². The van der Waals surface area contributed by atoms with Crippen molar-refractivity contribution in [2.75, 3.05) is 25.1 Å². The van der Waals surface area contributed by atoms with Crippen molar-refractivity contribution in [3.05, 3.63) is 71.9 Å². The number of ether oxygens (including phenoxy) is 2. The highest BCUT2D eigenvalue weighted by molar-refractivity contribution is 5.79. The number of nitrogens with one attached hydrogen (secondary N) is 1. The van der Waals surface area contributed by atoms with Crippen LogP contribution in [0.3, 0.4) is 0 Å². The normalized spacial score (nSPS) is 17.5. The first kappa shape index (κ1) is 21.2. The van der Waals surface area contributed by atoms with E-state index in [9.17, 15) is 9.18 Å². The number of likely N-dealkylation sites (tertiary alicyclic amines) is 1. The zero-order chi connectivity index (χ0) is 22.6. The molecule has 8 heteroatoms. The molecule has 0 spiro atoms. The van der Waals surface area contributed by atoms with Crippen molar-refractivity contribution >= 4 is 17.4 Å². The molecule has 3 aromatic rings. The molecule has 0 unspecified atom stereocenters. The number of anilines is 2. The minimum absolute atomic E-state index is 0.0455. The molecule has 7 nitrogen and oxygen atoms in total. The maximum atomic E-state index is 13.1. The summed E-state index contributed by atoms with van der Waals surface area (Å²) in [6, 6.07) is 12.4. The number of hydrogen-bond donors (Lipinski definition) is 1. The first-order chi connectivity index (χ1) is 16.2. The van der Waals surface area contributed by atoms with Crippen LogP contribution in [0.15, 0.2) is 54.9 Å². The SMILES string of the molecule is O=C(Cc1ccc2c(c1)OCCCO2)N1CCC[C@@H]1c1ccc(Nc2ccc(F)cn2)cn1. The van der Waals surface area contributed by atoms with Gasteiger partial charge in [-0.1, -0.05) is 6.07 Å². The van der Waals surface area contributed by atoms with Crippen molar-refractivity contribution in [1.29, 1.82) is 0 Å². The van der Waals surface area contributed by atoms with E-state index >= 15 is 0 Å². The highest BCUT2D eigenvalue weighted by Crippen LogP contribution is 2.34. The first-order valence-corrected chi connectivity index (χ1v) is 11.2. The fourth-order valence-corrected chi connectivity index (χ4v) is 4.24. The fourth-order valence-electron chi connectivity index (χ4n) is 4.24. The maximum Gasteiger partial charge on any atom is 0.227 e. The highest BCUT2D eigenvalue weighted by atomic mass is 19.1. The Morgan fingerprint density at radius 3 is 2.70 bits per heavy atom. The lowest BCUT2D eigenvalue weighted by molar-refractivity contribution is -0.131. The van der Waals surface area contributed by atoms with Crippen LogP contribution in [-0.2, 0) is 11.2 Å². The van der Waals surface area contributed by atoms with Crippen LogP contribution < -0.4 is 14.8 Å². The number of carbonyl (C=O) groups excluding carboxylic acids is 1. The molecule has 4 heterocycles. The van der Waals surface area contributed by atoms with Gasteiger partial charge < -0.3 is 19.7 Å². The minimum Gasteiger partial charge on any atom is -0.490 e. The molecule has 0 aliphatic carbocycles. The second-order valence-corrected chi connectivity index (χ2v) is 8.21. The number of carbonyl (C=O) groups is 1.